The maximum atomic E-state index is 10.1. The van der Waals surface area contributed by atoms with Gasteiger partial charge in [0.05, 0.1) is 5.69 Å². The van der Waals surface area contributed by atoms with E-state index in [2.05, 4.69) is 10.3 Å². The number of carbonyl (C=O) groups excluding carboxylic acids is 1. The zero-order valence-electron chi connectivity index (χ0n) is 6.29. The van der Waals surface area contributed by atoms with Gasteiger partial charge >= 0.3 is 6.41 Å². The van der Waals surface area contributed by atoms with Gasteiger partial charge < -0.3 is 10.3 Å². The van der Waals surface area contributed by atoms with E-state index in [1.807, 2.05) is 24.3 Å². The SMILES string of the molecule is O=[C]Nc1c[nH]c2ccccc12. The molecule has 0 spiro atoms. The molecule has 0 fully saturated rings. The fraction of sp³-hybridized carbons (Fsp3) is 0. The van der Waals surface area contributed by atoms with E-state index < -0.39 is 0 Å². The minimum Gasteiger partial charge on any atom is -0.359 e. The lowest BCUT2D eigenvalue weighted by Gasteiger charge is -1.92. The predicted octanol–water partition coefficient (Wildman–Crippen LogP) is 1.65. The minimum absolute atomic E-state index is 0.764. The van der Waals surface area contributed by atoms with Crippen molar-refractivity contribution in [3.63, 3.8) is 0 Å². The zero-order chi connectivity index (χ0) is 8.39. The molecule has 1 heterocycles. The van der Waals surface area contributed by atoms with E-state index in [4.69, 9.17) is 0 Å². The van der Waals surface area contributed by atoms with Crippen molar-refractivity contribution in [2.45, 2.75) is 0 Å². The van der Waals surface area contributed by atoms with Crippen molar-refractivity contribution in [2.75, 3.05) is 5.32 Å². The lowest BCUT2D eigenvalue weighted by Crippen LogP contribution is -1.90. The Labute approximate surface area is 69.4 Å². The molecule has 1 amide bonds. The third kappa shape index (κ3) is 0.955. The molecule has 0 saturated carbocycles. The van der Waals surface area contributed by atoms with Crippen LogP contribution in [0.15, 0.2) is 30.5 Å². The fourth-order valence-corrected chi connectivity index (χ4v) is 1.23. The molecule has 2 aromatic rings. The van der Waals surface area contributed by atoms with Crippen LogP contribution < -0.4 is 5.32 Å². The number of H-pyrrole nitrogens is 1. The van der Waals surface area contributed by atoms with E-state index in [1.165, 1.54) is 0 Å². The molecular weight excluding hydrogens is 152 g/mol. The first-order valence-electron chi connectivity index (χ1n) is 3.61. The molecule has 1 radical (unpaired) electrons. The van der Waals surface area contributed by atoms with Crippen LogP contribution in [0.2, 0.25) is 0 Å². The molecule has 0 bridgehead atoms. The van der Waals surface area contributed by atoms with Gasteiger partial charge in [0.1, 0.15) is 0 Å². The van der Waals surface area contributed by atoms with Gasteiger partial charge in [-0.05, 0) is 6.07 Å². The number of fused-ring (bicyclic) bond motifs is 1. The lowest BCUT2D eigenvalue weighted by molar-refractivity contribution is 0.561. The molecule has 2 rings (SSSR count). The van der Waals surface area contributed by atoms with Gasteiger partial charge in [0.25, 0.3) is 0 Å². The normalized spacial score (nSPS) is 10.0. The Balaban J connectivity index is 2.62. The number of benzene rings is 1. The summed E-state index contributed by atoms with van der Waals surface area (Å²) in [6.07, 6.45) is 3.39. The number of hydrogen-bond acceptors (Lipinski definition) is 1. The topological polar surface area (TPSA) is 44.9 Å². The lowest BCUT2D eigenvalue weighted by atomic mass is 10.2. The standard InChI is InChI=1S/C9H7N2O/c12-6-11-9-5-10-8-4-2-1-3-7(8)9/h1-5,10H,(H,11,12). The highest BCUT2D eigenvalue weighted by Crippen LogP contribution is 2.21. The van der Waals surface area contributed by atoms with E-state index in [1.54, 1.807) is 12.6 Å². The van der Waals surface area contributed by atoms with Crippen molar-refractivity contribution in [3.8, 4) is 0 Å². The molecule has 0 aliphatic rings. The van der Waals surface area contributed by atoms with Crippen LogP contribution in [0.3, 0.4) is 0 Å². The van der Waals surface area contributed by atoms with Gasteiger partial charge in [-0.1, -0.05) is 18.2 Å². The summed E-state index contributed by atoms with van der Waals surface area (Å²) in [7, 11) is 0. The van der Waals surface area contributed by atoms with Crippen molar-refractivity contribution in [1.29, 1.82) is 0 Å². The number of aromatic nitrogens is 1. The molecule has 0 atom stereocenters. The minimum atomic E-state index is 0.764. The number of rotatable bonds is 2. The van der Waals surface area contributed by atoms with Crippen LogP contribution in [-0.4, -0.2) is 11.4 Å². The zero-order valence-corrected chi connectivity index (χ0v) is 6.29. The number of nitrogens with one attached hydrogen (secondary N) is 2. The number of para-hydroxylation sites is 1. The number of hydrogen-bond donors (Lipinski definition) is 2. The summed E-state index contributed by atoms with van der Waals surface area (Å²) in [5.74, 6) is 0. The van der Waals surface area contributed by atoms with E-state index in [-0.39, 0.29) is 0 Å². The van der Waals surface area contributed by atoms with Crippen LogP contribution in [0.25, 0.3) is 10.9 Å². The Hall–Kier alpha value is -1.77. The van der Waals surface area contributed by atoms with Gasteiger partial charge in [-0.3, -0.25) is 4.79 Å². The van der Waals surface area contributed by atoms with Crippen molar-refractivity contribution in [1.82, 2.24) is 4.98 Å². The summed E-state index contributed by atoms with van der Waals surface area (Å²) in [5, 5.41) is 3.49. The summed E-state index contributed by atoms with van der Waals surface area (Å²) in [6, 6.07) is 7.75. The second kappa shape index (κ2) is 2.70. The third-order valence-electron chi connectivity index (χ3n) is 1.77. The first-order valence-corrected chi connectivity index (χ1v) is 3.61. The molecule has 2 N–H and O–H groups in total. The Kier molecular flexibility index (Phi) is 1.55. The number of amides is 1. The average Bonchev–Trinajstić information content (AvgIpc) is 2.50. The first-order chi connectivity index (χ1) is 5.92. The highest BCUT2D eigenvalue weighted by atomic mass is 16.1. The Bertz CT molecular complexity index is 406. The van der Waals surface area contributed by atoms with Crippen LogP contribution in [0, 0.1) is 0 Å². The van der Waals surface area contributed by atoms with Crippen molar-refractivity contribution < 1.29 is 4.79 Å². The Morgan fingerprint density at radius 3 is 3.00 bits per heavy atom. The van der Waals surface area contributed by atoms with Crippen LogP contribution in [-0.2, 0) is 4.79 Å². The first kappa shape index (κ1) is 6.91. The van der Waals surface area contributed by atoms with Crippen LogP contribution in [0.5, 0.6) is 0 Å². The summed E-state index contributed by atoms with van der Waals surface area (Å²) >= 11 is 0. The van der Waals surface area contributed by atoms with Gasteiger partial charge in [0.15, 0.2) is 0 Å². The van der Waals surface area contributed by atoms with Gasteiger partial charge in [-0.2, -0.15) is 0 Å². The quantitative estimate of drug-likeness (QED) is 0.643. The fourth-order valence-electron chi connectivity index (χ4n) is 1.23. The second-order valence-electron chi connectivity index (χ2n) is 2.47. The molecule has 3 heteroatoms. The summed E-state index contributed by atoms with van der Waals surface area (Å²) in [5.41, 5.74) is 1.77. The highest BCUT2D eigenvalue weighted by molar-refractivity contribution is 5.96. The van der Waals surface area contributed by atoms with E-state index >= 15 is 0 Å². The summed E-state index contributed by atoms with van der Waals surface area (Å²) in [4.78, 5) is 13.1. The van der Waals surface area contributed by atoms with Gasteiger partial charge in [0, 0.05) is 17.1 Å². The van der Waals surface area contributed by atoms with E-state index in [9.17, 15) is 4.79 Å². The summed E-state index contributed by atoms with van der Waals surface area (Å²) in [6.45, 7) is 0. The molecule has 59 valence electrons. The van der Waals surface area contributed by atoms with Crippen molar-refractivity contribution in [3.05, 3.63) is 30.5 Å². The van der Waals surface area contributed by atoms with Crippen molar-refractivity contribution in [2.24, 2.45) is 0 Å². The molecule has 0 unspecified atom stereocenters. The van der Waals surface area contributed by atoms with Gasteiger partial charge in [-0.25, -0.2) is 0 Å². The predicted molar refractivity (Wildman–Crippen MR) is 47.6 cm³/mol. The van der Waals surface area contributed by atoms with E-state index in [0.29, 0.717) is 0 Å². The van der Waals surface area contributed by atoms with Crippen molar-refractivity contribution >= 4 is 23.0 Å². The van der Waals surface area contributed by atoms with Gasteiger partial charge in [0.2, 0.25) is 0 Å². The van der Waals surface area contributed by atoms with Crippen LogP contribution in [0.1, 0.15) is 0 Å². The van der Waals surface area contributed by atoms with Gasteiger partial charge in [-0.15, -0.1) is 0 Å². The third-order valence-corrected chi connectivity index (χ3v) is 1.77. The van der Waals surface area contributed by atoms with E-state index in [0.717, 1.165) is 16.6 Å². The summed E-state index contributed by atoms with van der Waals surface area (Å²) < 4.78 is 0. The molecule has 0 aliphatic heterocycles. The molecule has 12 heavy (non-hydrogen) atoms. The number of anilines is 1. The van der Waals surface area contributed by atoms with Crippen LogP contribution in [0.4, 0.5) is 5.69 Å². The molecule has 3 nitrogen and oxygen atoms in total. The molecule has 0 saturated heterocycles. The molecular formula is C9H7N2O. The maximum Gasteiger partial charge on any atom is 0.314 e. The monoisotopic (exact) mass is 159 g/mol. The highest BCUT2D eigenvalue weighted by Gasteiger charge is 1.99. The number of aromatic amines is 1. The maximum absolute atomic E-state index is 10.1. The molecule has 1 aromatic heterocycles. The smallest absolute Gasteiger partial charge is 0.314 e. The average molecular weight is 159 g/mol. The Morgan fingerprint density at radius 1 is 1.33 bits per heavy atom. The second-order valence-corrected chi connectivity index (χ2v) is 2.47. The largest absolute Gasteiger partial charge is 0.359 e. The Morgan fingerprint density at radius 2 is 2.17 bits per heavy atom. The molecule has 1 aromatic carbocycles. The molecule has 0 aliphatic carbocycles. The van der Waals surface area contributed by atoms with Crippen LogP contribution >= 0.6 is 0 Å².